The number of amides is 2. The first kappa shape index (κ1) is 18.5. The van der Waals surface area contributed by atoms with Crippen LogP contribution in [-0.4, -0.2) is 11.8 Å². The maximum absolute atomic E-state index is 12.6. The van der Waals surface area contributed by atoms with E-state index in [9.17, 15) is 9.59 Å². The third-order valence-corrected chi connectivity index (χ3v) is 3.58. The average Bonchev–Trinajstić information content (AvgIpc) is 2.60. The van der Waals surface area contributed by atoms with Crippen LogP contribution < -0.4 is 10.6 Å². The van der Waals surface area contributed by atoms with Crippen LogP contribution in [0.5, 0.6) is 0 Å². The maximum Gasteiger partial charge on any atom is 0.268 e. The molecule has 0 heterocycles. The molecule has 0 saturated carbocycles. The molecule has 25 heavy (non-hydrogen) atoms. The van der Waals surface area contributed by atoms with E-state index in [0.717, 1.165) is 11.1 Å². The van der Waals surface area contributed by atoms with Crippen LogP contribution in [0.15, 0.2) is 66.4 Å². The van der Waals surface area contributed by atoms with Gasteiger partial charge in [0.2, 0.25) is 5.91 Å². The number of carbonyl (C=O) groups is 2. The van der Waals surface area contributed by atoms with Gasteiger partial charge in [-0.25, -0.2) is 0 Å². The fourth-order valence-corrected chi connectivity index (χ4v) is 2.06. The molecule has 0 fully saturated rings. The minimum Gasteiger partial charge on any atom is -0.347 e. The lowest BCUT2D eigenvalue weighted by Crippen LogP contribution is -2.39. The number of nitrogens with one attached hydrogen (secondary N) is 2. The molecular formula is C21H24N2O2. The van der Waals surface area contributed by atoms with Gasteiger partial charge >= 0.3 is 0 Å². The zero-order valence-corrected chi connectivity index (χ0v) is 14.9. The van der Waals surface area contributed by atoms with Gasteiger partial charge in [-0.15, -0.1) is 0 Å². The zero-order chi connectivity index (χ0) is 18.3. The fraction of sp³-hybridized carbons (Fsp3) is 0.238. The van der Waals surface area contributed by atoms with Gasteiger partial charge < -0.3 is 10.6 Å². The zero-order valence-electron chi connectivity index (χ0n) is 14.9. The molecule has 0 aliphatic carbocycles. The summed E-state index contributed by atoms with van der Waals surface area (Å²) in [6.07, 6.45) is 1.68. The normalized spacial score (nSPS) is 11.7. The third kappa shape index (κ3) is 5.92. The summed E-state index contributed by atoms with van der Waals surface area (Å²) >= 11 is 0. The van der Waals surface area contributed by atoms with E-state index in [-0.39, 0.29) is 17.5 Å². The summed E-state index contributed by atoms with van der Waals surface area (Å²) in [5.41, 5.74) is 1.50. The van der Waals surface area contributed by atoms with E-state index < -0.39 is 5.41 Å². The summed E-state index contributed by atoms with van der Waals surface area (Å²) < 4.78 is 0. The average molecular weight is 336 g/mol. The largest absolute Gasteiger partial charge is 0.347 e. The van der Waals surface area contributed by atoms with Gasteiger partial charge in [0.15, 0.2) is 0 Å². The second-order valence-corrected chi connectivity index (χ2v) is 6.84. The molecule has 0 aliphatic heterocycles. The third-order valence-electron chi connectivity index (χ3n) is 3.58. The highest BCUT2D eigenvalue weighted by molar-refractivity contribution is 6.01. The lowest BCUT2D eigenvalue weighted by molar-refractivity contribution is -0.129. The van der Waals surface area contributed by atoms with Gasteiger partial charge in [-0.1, -0.05) is 81.4 Å². The van der Waals surface area contributed by atoms with Gasteiger partial charge in [-0.2, -0.15) is 0 Å². The lowest BCUT2D eigenvalue weighted by atomic mass is 9.95. The number of rotatable bonds is 5. The number of benzene rings is 2. The van der Waals surface area contributed by atoms with Crippen LogP contribution in [0.3, 0.4) is 0 Å². The number of hydrogen-bond donors (Lipinski definition) is 2. The van der Waals surface area contributed by atoms with Crippen molar-refractivity contribution in [3.8, 4) is 0 Å². The molecule has 0 unspecified atom stereocenters. The van der Waals surface area contributed by atoms with Crippen molar-refractivity contribution in [3.63, 3.8) is 0 Å². The lowest BCUT2D eigenvalue weighted by Gasteiger charge is -2.19. The van der Waals surface area contributed by atoms with Gasteiger partial charge in [-0.3, -0.25) is 9.59 Å². The molecule has 2 N–H and O–H groups in total. The van der Waals surface area contributed by atoms with Gasteiger partial charge in [0.1, 0.15) is 5.70 Å². The SMILES string of the molecule is CC(C)(C)C(=O)N/C(=C\c1ccccc1)C(=O)NCc1ccccc1. The van der Waals surface area contributed by atoms with E-state index in [2.05, 4.69) is 10.6 Å². The smallest absolute Gasteiger partial charge is 0.268 e. The van der Waals surface area contributed by atoms with E-state index >= 15 is 0 Å². The van der Waals surface area contributed by atoms with Crippen molar-refractivity contribution in [1.82, 2.24) is 10.6 Å². The summed E-state index contributed by atoms with van der Waals surface area (Å²) in [7, 11) is 0. The molecule has 2 amide bonds. The molecule has 0 spiro atoms. The highest BCUT2D eigenvalue weighted by atomic mass is 16.2. The first-order valence-electron chi connectivity index (χ1n) is 8.26. The molecule has 0 aliphatic rings. The summed E-state index contributed by atoms with van der Waals surface area (Å²) in [6, 6.07) is 19.1. The van der Waals surface area contributed by atoms with Crippen molar-refractivity contribution in [1.29, 1.82) is 0 Å². The molecule has 0 atom stereocenters. The Morgan fingerprint density at radius 1 is 0.920 bits per heavy atom. The van der Waals surface area contributed by atoms with Crippen molar-refractivity contribution >= 4 is 17.9 Å². The Balaban J connectivity index is 2.17. The minimum absolute atomic E-state index is 0.204. The van der Waals surface area contributed by atoms with Gasteiger partial charge in [0.25, 0.3) is 5.91 Å². The Labute approximate surface area is 149 Å². The monoisotopic (exact) mass is 336 g/mol. The first-order chi connectivity index (χ1) is 11.9. The number of carbonyl (C=O) groups excluding carboxylic acids is 2. The molecule has 130 valence electrons. The number of hydrogen-bond acceptors (Lipinski definition) is 2. The van der Waals surface area contributed by atoms with Crippen LogP contribution in [0.2, 0.25) is 0 Å². The molecule has 0 bridgehead atoms. The first-order valence-corrected chi connectivity index (χ1v) is 8.26. The molecule has 0 aromatic heterocycles. The summed E-state index contributed by atoms with van der Waals surface area (Å²) in [4.78, 5) is 24.9. The van der Waals surface area contributed by atoms with Crippen LogP contribution in [-0.2, 0) is 16.1 Å². The quantitative estimate of drug-likeness (QED) is 0.821. The van der Waals surface area contributed by atoms with Crippen molar-refractivity contribution in [2.45, 2.75) is 27.3 Å². The Morgan fingerprint density at radius 3 is 2.04 bits per heavy atom. The molecule has 4 heteroatoms. The molecule has 4 nitrogen and oxygen atoms in total. The Kier molecular flexibility index (Phi) is 6.12. The van der Waals surface area contributed by atoms with Crippen LogP contribution >= 0.6 is 0 Å². The molecule has 2 aromatic carbocycles. The summed E-state index contributed by atoms with van der Waals surface area (Å²) in [5.74, 6) is -0.519. The van der Waals surface area contributed by atoms with Crippen molar-refractivity contribution in [2.24, 2.45) is 5.41 Å². The van der Waals surface area contributed by atoms with Gasteiger partial charge in [-0.05, 0) is 17.2 Å². The molecule has 0 radical (unpaired) electrons. The van der Waals surface area contributed by atoms with Crippen molar-refractivity contribution in [2.75, 3.05) is 0 Å². The van der Waals surface area contributed by atoms with E-state index in [4.69, 9.17) is 0 Å². The predicted octanol–water partition coefficient (Wildman–Crippen LogP) is 3.51. The Morgan fingerprint density at radius 2 is 1.48 bits per heavy atom. The van der Waals surface area contributed by atoms with Gasteiger partial charge in [0, 0.05) is 12.0 Å². The summed E-state index contributed by atoms with van der Waals surface area (Å²) in [6.45, 7) is 5.83. The highest BCUT2D eigenvalue weighted by Gasteiger charge is 2.24. The van der Waals surface area contributed by atoms with Gasteiger partial charge in [0.05, 0.1) is 0 Å². The predicted molar refractivity (Wildman–Crippen MR) is 100 cm³/mol. The molecule has 2 rings (SSSR count). The van der Waals surface area contributed by atoms with Crippen LogP contribution in [0.25, 0.3) is 6.08 Å². The molecule has 0 saturated heterocycles. The van der Waals surface area contributed by atoms with E-state index in [1.54, 1.807) is 6.08 Å². The Bertz CT molecular complexity index is 744. The van der Waals surface area contributed by atoms with E-state index in [1.807, 2.05) is 81.4 Å². The highest BCUT2D eigenvalue weighted by Crippen LogP contribution is 2.14. The standard InChI is InChI=1S/C21H24N2O2/c1-21(2,3)20(25)23-18(14-16-10-6-4-7-11-16)19(24)22-15-17-12-8-5-9-13-17/h4-14H,15H2,1-3H3,(H,22,24)(H,23,25)/b18-14-. The van der Waals surface area contributed by atoms with Crippen LogP contribution in [0, 0.1) is 5.41 Å². The summed E-state index contributed by atoms with van der Waals surface area (Å²) in [5, 5.41) is 5.61. The Hall–Kier alpha value is -2.88. The second-order valence-electron chi connectivity index (χ2n) is 6.84. The topological polar surface area (TPSA) is 58.2 Å². The van der Waals surface area contributed by atoms with E-state index in [0.29, 0.717) is 6.54 Å². The van der Waals surface area contributed by atoms with Crippen molar-refractivity contribution < 1.29 is 9.59 Å². The van der Waals surface area contributed by atoms with Crippen LogP contribution in [0.1, 0.15) is 31.9 Å². The maximum atomic E-state index is 12.6. The van der Waals surface area contributed by atoms with Crippen LogP contribution in [0.4, 0.5) is 0 Å². The second kappa shape index (κ2) is 8.29. The molecule has 2 aromatic rings. The fourth-order valence-electron chi connectivity index (χ4n) is 2.06. The van der Waals surface area contributed by atoms with E-state index in [1.165, 1.54) is 0 Å². The minimum atomic E-state index is -0.588. The molecular weight excluding hydrogens is 312 g/mol. The van der Waals surface area contributed by atoms with Crippen molar-refractivity contribution in [3.05, 3.63) is 77.5 Å².